The summed E-state index contributed by atoms with van der Waals surface area (Å²) in [4.78, 5) is 29.4. The van der Waals surface area contributed by atoms with Gasteiger partial charge in [0.2, 0.25) is 21.8 Å². The average molecular weight is 637 g/mol. The third-order valence-corrected chi connectivity index (χ3v) is 9.16. The number of anilines is 1. The molecule has 218 valence electrons. The normalized spacial score (nSPS) is 14.4. The van der Waals surface area contributed by atoms with Crippen molar-refractivity contribution in [3.05, 3.63) is 99.0 Å². The lowest BCUT2D eigenvalue weighted by molar-refractivity contribution is -0.140. The van der Waals surface area contributed by atoms with Crippen molar-refractivity contribution in [1.82, 2.24) is 10.2 Å². The fourth-order valence-corrected chi connectivity index (χ4v) is 6.62. The first-order valence-corrected chi connectivity index (χ1v) is 16.3. The molecule has 1 aliphatic rings. The van der Waals surface area contributed by atoms with Crippen LogP contribution in [0, 0.1) is 0 Å². The molecule has 0 unspecified atom stereocenters. The third kappa shape index (κ3) is 8.38. The highest BCUT2D eigenvalue weighted by atomic mass is 35.5. The highest BCUT2D eigenvalue weighted by molar-refractivity contribution is 7.92. The van der Waals surface area contributed by atoms with E-state index in [0.717, 1.165) is 41.8 Å². The zero-order valence-electron chi connectivity index (χ0n) is 22.6. The number of carbonyl (C=O) groups excluding carboxylic acids is 2. The van der Waals surface area contributed by atoms with Gasteiger partial charge < -0.3 is 10.2 Å². The van der Waals surface area contributed by atoms with E-state index in [9.17, 15) is 18.0 Å². The molecule has 0 radical (unpaired) electrons. The number of carbonyl (C=O) groups is 2. The van der Waals surface area contributed by atoms with Crippen LogP contribution in [0.3, 0.4) is 0 Å². The Bertz CT molecular complexity index is 1480. The summed E-state index contributed by atoms with van der Waals surface area (Å²) in [6, 6.07) is 19.8. The monoisotopic (exact) mass is 635 g/mol. The summed E-state index contributed by atoms with van der Waals surface area (Å²) in [7, 11) is -3.92. The minimum atomic E-state index is -3.92. The van der Waals surface area contributed by atoms with Crippen LogP contribution in [-0.4, -0.2) is 50.0 Å². The number of amides is 2. The summed E-state index contributed by atoms with van der Waals surface area (Å²) in [5.41, 5.74) is 1.59. The van der Waals surface area contributed by atoms with Gasteiger partial charge in [0.05, 0.1) is 17.0 Å². The van der Waals surface area contributed by atoms with Gasteiger partial charge in [-0.05, 0) is 48.2 Å². The average Bonchev–Trinajstić information content (AvgIpc) is 3.43. The van der Waals surface area contributed by atoms with E-state index < -0.39 is 28.5 Å². The summed E-state index contributed by atoms with van der Waals surface area (Å²) >= 11 is 19.0. The molecule has 3 aromatic carbocycles. The lowest BCUT2D eigenvalue weighted by atomic mass is 10.0. The van der Waals surface area contributed by atoms with Crippen molar-refractivity contribution >= 4 is 62.3 Å². The fraction of sp³-hybridized carbons (Fsp3) is 0.333. The predicted molar refractivity (Wildman–Crippen MR) is 165 cm³/mol. The van der Waals surface area contributed by atoms with Crippen LogP contribution in [0.25, 0.3) is 0 Å². The van der Waals surface area contributed by atoms with Crippen LogP contribution in [0.5, 0.6) is 0 Å². The number of sulfonamides is 1. The van der Waals surface area contributed by atoms with Gasteiger partial charge in [-0.3, -0.25) is 13.9 Å². The Morgan fingerprint density at radius 3 is 2.22 bits per heavy atom. The van der Waals surface area contributed by atoms with Gasteiger partial charge in [0.1, 0.15) is 12.6 Å². The second-order valence-electron chi connectivity index (χ2n) is 10.2. The molecule has 41 heavy (non-hydrogen) atoms. The largest absolute Gasteiger partial charge is 0.352 e. The molecule has 1 N–H and O–H groups in total. The SMILES string of the molecule is CS(=O)(=O)N(CC(=O)N(Cc1ccc(Cl)cc1Cl)[C@H](Cc1ccccc1)C(=O)NC1CCCC1)c1ccccc1Cl. The molecule has 4 rings (SSSR count). The first kappa shape index (κ1) is 31.2. The van der Waals surface area contributed by atoms with Crippen LogP contribution in [0.2, 0.25) is 15.1 Å². The van der Waals surface area contributed by atoms with E-state index in [2.05, 4.69) is 5.32 Å². The van der Waals surface area contributed by atoms with E-state index in [0.29, 0.717) is 15.6 Å². The predicted octanol–water partition coefficient (Wildman–Crippen LogP) is 6.11. The number of nitrogens with one attached hydrogen (secondary N) is 1. The van der Waals surface area contributed by atoms with Crippen molar-refractivity contribution in [2.24, 2.45) is 0 Å². The second kappa shape index (κ2) is 13.9. The van der Waals surface area contributed by atoms with Gasteiger partial charge >= 0.3 is 0 Å². The van der Waals surface area contributed by atoms with E-state index in [1.54, 1.807) is 36.4 Å². The molecule has 0 heterocycles. The number of nitrogens with zero attached hydrogens (tertiary/aromatic N) is 2. The van der Waals surface area contributed by atoms with E-state index >= 15 is 0 Å². The first-order chi connectivity index (χ1) is 19.5. The summed E-state index contributed by atoms with van der Waals surface area (Å²) in [5, 5.41) is 4.07. The van der Waals surface area contributed by atoms with Crippen molar-refractivity contribution < 1.29 is 18.0 Å². The Kier molecular flexibility index (Phi) is 10.6. The molecule has 11 heteroatoms. The Balaban J connectivity index is 1.75. The van der Waals surface area contributed by atoms with E-state index in [-0.39, 0.29) is 35.6 Å². The zero-order valence-corrected chi connectivity index (χ0v) is 25.7. The number of rotatable bonds is 11. The minimum Gasteiger partial charge on any atom is -0.352 e. The fourth-order valence-electron chi connectivity index (χ4n) is 5.00. The summed E-state index contributed by atoms with van der Waals surface area (Å²) in [6.07, 6.45) is 5.03. The molecule has 7 nitrogen and oxygen atoms in total. The first-order valence-electron chi connectivity index (χ1n) is 13.3. The number of halogens is 3. The zero-order chi connectivity index (χ0) is 29.6. The van der Waals surface area contributed by atoms with Crippen LogP contribution < -0.4 is 9.62 Å². The number of para-hydroxylation sites is 1. The molecule has 0 bridgehead atoms. The molecule has 3 aromatic rings. The van der Waals surface area contributed by atoms with Crippen molar-refractivity contribution in [3.63, 3.8) is 0 Å². The molecule has 0 aliphatic heterocycles. The summed E-state index contributed by atoms with van der Waals surface area (Å²) in [5.74, 6) is -0.883. The highest BCUT2D eigenvalue weighted by Gasteiger charge is 2.35. The Morgan fingerprint density at radius 2 is 1.59 bits per heavy atom. The molecule has 0 saturated heterocycles. The number of hydrogen-bond donors (Lipinski definition) is 1. The van der Waals surface area contributed by atoms with E-state index in [4.69, 9.17) is 34.8 Å². The maximum Gasteiger partial charge on any atom is 0.244 e. The van der Waals surface area contributed by atoms with E-state index in [1.807, 2.05) is 30.3 Å². The van der Waals surface area contributed by atoms with Crippen LogP contribution in [0.4, 0.5) is 5.69 Å². The topological polar surface area (TPSA) is 86.8 Å². The molecule has 0 aromatic heterocycles. The molecule has 1 saturated carbocycles. The van der Waals surface area contributed by atoms with Gasteiger partial charge in [-0.15, -0.1) is 0 Å². The van der Waals surface area contributed by atoms with E-state index in [1.165, 1.54) is 11.0 Å². The van der Waals surface area contributed by atoms with Gasteiger partial charge in [-0.1, -0.05) is 96.2 Å². The van der Waals surface area contributed by atoms with Crippen LogP contribution in [0.15, 0.2) is 72.8 Å². The van der Waals surface area contributed by atoms with Gasteiger partial charge in [0.25, 0.3) is 0 Å². The smallest absolute Gasteiger partial charge is 0.244 e. The Labute approximate surface area is 256 Å². The lowest BCUT2D eigenvalue weighted by Crippen LogP contribution is -2.54. The molecule has 2 amide bonds. The van der Waals surface area contributed by atoms with Gasteiger partial charge in [0, 0.05) is 29.1 Å². The maximum atomic E-state index is 14.2. The maximum absolute atomic E-state index is 14.2. The summed E-state index contributed by atoms with van der Waals surface area (Å²) in [6.45, 7) is -0.597. The van der Waals surface area contributed by atoms with Gasteiger partial charge in [0.15, 0.2) is 0 Å². The lowest BCUT2D eigenvalue weighted by Gasteiger charge is -2.34. The standard InChI is InChI=1S/C30H32Cl3N3O4S/c1-41(39,40)36(27-14-8-7-13-25(27)32)20-29(37)35(19-22-15-16-23(31)18-26(22)33)28(17-21-9-3-2-4-10-21)30(38)34-24-11-5-6-12-24/h2-4,7-10,13-16,18,24,28H,5-6,11-12,17,19-20H2,1H3,(H,34,38)/t28-/m1/s1. The number of hydrogen-bond acceptors (Lipinski definition) is 4. The quantitative estimate of drug-likeness (QED) is 0.275. The van der Waals surface area contributed by atoms with Crippen molar-refractivity contribution in [1.29, 1.82) is 0 Å². The van der Waals surface area contributed by atoms with Crippen molar-refractivity contribution in [3.8, 4) is 0 Å². The molecule has 0 spiro atoms. The molecule has 1 fully saturated rings. The molecule has 1 aliphatic carbocycles. The third-order valence-electron chi connectivity index (χ3n) is 7.13. The molecule has 1 atom stereocenters. The Hall–Kier alpha value is -2.78. The van der Waals surface area contributed by atoms with Crippen LogP contribution in [-0.2, 0) is 32.6 Å². The highest BCUT2D eigenvalue weighted by Crippen LogP contribution is 2.29. The molecular formula is C30H32Cl3N3O4S. The minimum absolute atomic E-state index is 0.0208. The van der Waals surface area contributed by atoms with Gasteiger partial charge in [-0.25, -0.2) is 8.42 Å². The van der Waals surface area contributed by atoms with Crippen LogP contribution >= 0.6 is 34.8 Å². The second-order valence-corrected chi connectivity index (χ2v) is 13.3. The molecular weight excluding hydrogens is 605 g/mol. The Morgan fingerprint density at radius 1 is 0.927 bits per heavy atom. The van der Waals surface area contributed by atoms with Crippen molar-refractivity contribution in [2.45, 2.75) is 50.7 Å². The van der Waals surface area contributed by atoms with Crippen molar-refractivity contribution in [2.75, 3.05) is 17.1 Å². The summed E-state index contributed by atoms with van der Waals surface area (Å²) < 4.78 is 26.8. The van der Waals surface area contributed by atoms with Gasteiger partial charge in [-0.2, -0.15) is 0 Å². The number of benzene rings is 3. The van der Waals surface area contributed by atoms with Crippen LogP contribution in [0.1, 0.15) is 36.8 Å².